The van der Waals surface area contributed by atoms with Crippen LogP contribution in [0.3, 0.4) is 0 Å². The first-order chi connectivity index (χ1) is 9.58. The third-order valence-electron chi connectivity index (χ3n) is 4.37. The lowest BCUT2D eigenvalue weighted by molar-refractivity contribution is 0.00957. The van der Waals surface area contributed by atoms with Crippen LogP contribution in [-0.2, 0) is 0 Å². The number of hydrogen-bond donors (Lipinski definition) is 2. The number of aryl methyl sites for hydroxylation is 1. The van der Waals surface area contributed by atoms with Crippen LogP contribution in [0.15, 0.2) is 12.1 Å². The molecule has 6 heteroatoms. The molecule has 1 aliphatic rings. The molecule has 3 rings (SSSR count). The molecule has 0 amide bonds. The molecule has 0 aliphatic heterocycles. The Hall–Kier alpha value is -1.69. The number of nitrogens with zero attached hydrogens (tertiary/aromatic N) is 4. The summed E-state index contributed by atoms with van der Waals surface area (Å²) >= 11 is 0. The SMILES string of the molecule is Cc1nnc2ccc(NCC3(C)CCCCC3O)nn12. The van der Waals surface area contributed by atoms with E-state index < -0.39 is 0 Å². The average Bonchev–Trinajstić information content (AvgIpc) is 2.82. The molecule has 0 bridgehead atoms. The van der Waals surface area contributed by atoms with E-state index in [1.165, 1.54) is 6.42 Å². The Morgan fingerprint density at radius 1 is 1.40 bits per heavy atom. The van der Waals surface area contributed by atoms with Gasteiger partial charge in [0, 0.05) is 12.0 Å². The van der Waals surface area contributed by atoms with Crippen LogP contribution in [0, 0.1) is 12.3 Å². The first-order valence-corrected chi connectivity index (χ1v) is 7.19. The van der Waals surface area contributed by atoms with Gasteiger partial charge in [0.15, 0.2) is 11.5 Å². The minimum absolute atomic E-state index is 0.0723. The summed E-state index contributed by atoms with van der Waals surface area (Å²) in [5.41, 5.74) is 0.675. The molecule has 1 fully saturated rings. The van der Waals surface area contributed by atoms with E-state index in [4.69, 9.17) is 0 Å². The van der Waals surface area contributed by atoms with Gasteiger partial charge in [-0.25, -0.2) is 0 Å². The van der Waals surface area contributed by atoms with Crippen molar-refractivity contribution in [3.8, 4) is 0 Å². The van der Waals surface area contributed by atoms with Crippen molar-refractivity contribution < 1.29 is 5.11 Å². The number of aliphatic hydroxyl groups is 1. The molecule has 6 nitrogen and oxygen atoms in total. The molecule has 0 aromatic carbocycles. The second kappa shape index (κ2) is 5.01. The van der Waals surface area contributed by atoms with Gasteiger partial charge in [-0.2, -0.15) is 4.52 Å². The molecule has 2 aromatic rings. The Morgan fingerprint density at radius 2 is 2.25 bits per heavy atom. The predicted octanol–water partition coefficient (Wildman–Crippen LogP) is 1.79. The van der Waals surface area contributed by atoms with Crippen LogP contribution in [0.2, 0.25) is 0 Å². The molecule has 1 saturated carbocycles. The molecule has 108 valence electrons. The number of anilines is 1. The minimum Gasteiger partial charge on any atom is -0.392 e. The normalized spacial score (nSPS) is 26.9. The molecule has 2 aromatic heterocycles. The van der Waals surface area contributed by atoms with Gasteiger partial charge in [0.1, 0.15) is 5.82 Å². The highest BCUT2D eigenvalue weighted by molar-refractivity contribution is 5.43. The Labute approximate surface area is 118 Å². The smallest absolute Gasteiger partial charge is 0.178 e. The van der Waals surface area contributed by atoms with Crippen molar-refractivity contribution in [3.63, 3.8) is 0 Å². The lowest BCUT2D eigenvalue weighted by atomic mass is 9.73. The van der Waals surface area contributed by atoms with Crippen molar-refractivity contribution in [2.24, 2.45) is 5.41 Å². The van der Waals surface area contributed by atoms with Gasteiger partial charge in [-0.15, -0.1) is 15.3 Å². The monoisotopic (exact) mass is 275 g/mol. The lowest BCUT2D eigenvalue weighted by Gasteiger charge is -2.38. The Balaban J connectivity index is 1.74. The number of nitrogens with one attached hydrogen (secondary N) is 1. The van der Waals surface area contributed by atoms with Crippen molar-refractivity contribution >= 4 is 11.5 Å². The molecule has 0 saturated heterocycles. The van der Waals surface area contributed by atoms with E-state index >= 15 is 0 Å². The van der Waals surface area contributed by atoms with Gasteiger partial charge in [-0.1, -0.05) is 19.8 Å². The molecule has 1 aliphatic carbocycles. The van der Waals surface area contributed by atoms with E-state index in [9.17, 15) is 5.11 Å². The number of rotatable bonds is 3. The fourth-order valence-corrected chi connectivity index (χ4v) is 2.87. The Kier molecular flexibility index (Phi) is 3.33. The summed E-state index contributed by atoms with van der Waals surface area (Å²) in [6, 6.07) is 3.80. The average molecular weight is 275 g/mol. The number of fused-ring (bicyclic) bond motifs is 1. The minimum atomic E-state index is -0.232. The zero-order chi connectivity index (χ0) is 14.2. The van der Waals surface area contributed by atoms with E-state index in [0.717, 1.165) is 43.1 Å². The van der Waals surface area contributed by atoms with Crippen LogP contribution < -0.4 is 5.32 Å². The zero-order valence-corrected chi connectivity index (χ0v) is 12.0. The summed E-state index contributed by atoms with van der Waals surface area (Å²) in [5, 5.41) is 26.0. The summed E-state index contributed by atoms with van der Waals surface area (Å²) in [4.78, 5) is 0. The molecule has 2 atom stereocenters. The maximum absolute atomic E-state index is 10.2. The van der Waals surface area contributed by atoms with Gasteiger partial charge in [0.2, 0.25) is 0 Å². The van der Waals surface area contributed by atoms with E-state index in [2.05, 4.69) is 27.5 Å². The summed E-state index contributed by atoms with van der Waals surface area (Å²) in [6.45, 7) is 4.75. The van der Waals surface area contributed by atoms with Crippen LogP contribution in [0.1, 0.15) is 38.4 Å². The van der Waals surface area contributed by atoms with Crippen molar-refractivity contribution in [2.45, 2.75) is 45.6 Å². The zero-order valence-electron chi connectivity index (χ0n) is 12.0. The van der Waals surface area contributed by atoms with Crippen molar-refractivity contribution in [1.82, 2.24) is 19.8 Å². The van der Waals surface area contributed by atoms with Crippen LogP contribution in [0.4, 0.5) is 5.82 Å². The molecule has 20 heavy (non-hydrogen) atoms. The summed E-state index contributed by atoms with van der Waals surface area (Å²) in [6.07, 6.45) is 4.03. The number of aliphatic hydroxyl groups excluding tert-OH is 1. The molecule has 0 radical (unpaired) electrons. The lowest BCUT2D eigenvalue weighted by Crippen LogP contribution is -2.41. The Bertz CT molecular complexity index is 611. The fourth-order valence-electron chi connectivity index (χ4n) is 2.87. The van der Waals surface area contributed by atoms with E-state index in [1.807, 2.05) is 19.1 Å². The van der Waals surface area contributed by atoms with Gasteiger partial charge in [-0.3, -0.25) is 0 Å². The molecule has 2 heterocycles. The summed E-state index contributed by atoms with van der Waals surface area (Å²) in [5.74, 6) is 1.56. The standard InChI is InChI=1S/C14H21N5O/c1-10-16-17-13-7-6-12(18-19(10)13)15-9-14(2)8-4-3-5-11(14)20/h6-7,11,20H,3-5,8-9H2,1-2H3,(H,15,18). The van der Waals surface area contributed by atoms with E-state index in [-0.39, 0.29) is 11.5 Å². The van der Waals surface area contributed by atoms with Crippen molar-refractivity contribution in [2.75, 3.05) is 11.9 Å². The highest BCUT2D eigenvalue weighted by Gasteiger charge is 2.35. The number of hydrogen-bond acceptors (Lipinski definition) is 5. The molecule has 2 unspecified atom stereocenters. The second-order valence-corrected chi connectivity index (χ2v) is 6.00. The second-order valence-electron chi connectivity index (χ2n) is 6.00. The summed E-state index contributed by atoms with van der Waals surface area (Å²) < 4.78 is 1.72. The third-order valence-corrected chi connectivity index (χ3v) is 4.37. The molecule has 0 spiro atoms. The van der Waals surface area contributed by atoms with Gasteiger partial charge in [0.25, 0.3) is 0 Å². The number of aromatic nitrogens is 4. The highest BCUT2D eigenvalue weighted by atomic mass is 16.3. The van der Waals surface area contributed by atoms with Gasteiger partial charge < -0.3 is 10.4 Å². The Morgan fingerprint density at radius 3 is 3.05 bits per heavy atom. The van der Waals surface area contributed by atoms with Crippen LogP contribution in [0.25, 0.3) is 5.65 Å². The van der Waals surface area contributed by atoms with Crippen LogP contribution in [0.5, 0.6) is 0 Å². The van der Waals surface area contributed by atoms with Gasteiger partial charge in [-0.05, 0) is 31.9 Å². The quantitative estimate of drug-likeness (QED) is 0.893. The largest absolute Gasteiger partial charge is 0.392 e. The van der Waals surface area contributed by atoms with Gasteiger partial charge >= 0.3 is 0 Å². The summed E-state index contributed by atoms with van der Waals surface area (Å²) in [7, 11) is 0. The highest BCUT2D eigenvalue weighted by Crippen LogP contribution is 2.36. The molecule has 2 N–H and O–H groups in total. The third kappa shape index (κ3) is 2.35. The van der Waals surface area contributed by atoms with Crippen molar-refractivity contribution in [1.29, 1.82) is 0 Å². The van der Waals surface area contributed by atoms with Crippen molar-refractivity contribution in [3.05, 3.63) is 18.0 Å². The fraction of sp³-hybridized carbons (Fsp3) is 0.643. The maximum atomic E-state index is 10.2. The van der Waals surface area contributed by atoms with Crippen LogP contribution >= 0.6 is 0 Å². The first-order valence-electron chi connectivity index (χ1n) is 7.19. The maximum Gasteiger partial charge on any atom is 0.178 e. The predicted molar refractivity (Wildman–Crippen MR) is 76.6 cm³/mol. The first kappa shape index (κ1) is 13.3. The topological polar surface area (TPSA) is 75.3 Å². The van der Waals surface area contributed by atoms with E-state index in [0.29, 0.717) is 0 Å². The van der Waals surface area contributed by atoms with Gasteiger partial charge in [0.05, 0.1) is 6.10 Å². The van der Waals surface area contributed by atoms with E-state index in [1.54, 1.807) is 4.52 Å². The molecular weight excluding hydrogens is 254 g/mol. The van der Waals surface area contributed by atoms with Crippen LogP contribution in [-0.4, -0.2) is 37.6 Å². The molecular formula is C14H21N5O.